The minimum atomic E-state index is -0.607. The summed E-state index contributed by atoms with van der Waals surface area (Å²) in [5, 5.41) is 2.93. The molecule has 0 aliphatic heterocycles. The average molecular weight is 453 g/mol. The highest BCUT2D eigenvalue weighted by Gasteiger charge is 2.21. The van der Waals surface area contributed by atoms with Gasteiger partial charge in [0, 0.05) is 46.5 Å². The van der Waals surface area contributed by atoms with E-state index in [1.54, 1.807) is 47.8 Å². The molecule has 0 saturated carbocycles. The average Bonchev–Trinajstić information content (AvgIpc) is 3.41. The molecule has 1 N–H and O–H groups in total. The van der Waals surface area contributed by atoms with Crippen LogP contribution in [0, 0.1) is 5.82 Å². The molecule has 0 bridgehead atoms. The molecule has 1 unspecified atom stereocenters. The number of rotatable bonds is 7. The quantitative estimate of drug-likeness (QED) is 0.449. The number of imidazole rings is 2. The standard InChI is InChI=1S/C22H24FN7O3/c1-27-11-9-24-19(27)17(14-6-4-7-15(23)12-14)26-16(31)8-5-10-30-13-25-20-18(30)21(32)29(3)22(33)28(20)2/h4,6-7,9,11-13,17H,5,8,10H2,1-3H3,(H,26,31). The molecule has 0 aliphatic carbocycles. The van der Waals surface area contributed by atoms with Crippen LogP contribution in [0.1, 0.15) is 30.3 Å². The molecule has 1 atom stereocenters. The minimum Gasteiger partial charge on any atom is -0.342 e. The number of nitrogens with zero attached hydrogens (tertiary/aromatic N) is 6. The maximum atomic E-state index is 13.8. The Balaban J connectivity index is 1.49. The van der Waals surface area contributed by atoms with Crippen molar-refractivity contribution in [3.05, 3.63) is 81.0 Å². The van der Waals surface area contributed by atoms with E-state index >= 15 is 0 Å². The summed E-state index contributed by atoms with van der Waals surface area (Å²) in [4.78, 5) is 45.9. The number of aromatic nitrogens is 6. The van der Waals surface area contributed by atoms with Crippen molar-refractivity contribution in [2.24, 2.45) is 21.1 Å². The monoisotopic (exact) mass is 453 g/mol. The van der Waals surface area contributed by atoms with Crippen LogP contribution in [0.4, 0.5) is 4.39 Å². The lowest BCUT2D eigenvalue weighted by atomic mass is 10.1. The SMILES string of the molecule is Cn1ccnc1C(NC(=O)CCCn1cnc2c1c(=O)n(C)c(=O)n2C)c1cccc(F)c1. The van der Waals surface area contributed by atoms with E-state index in [9.17, 15) is 18.8 Å². The van der Waals surface area contributed by atoms with Crippen LogP contribution < -0.4 is 16.6 Å². The number of amides is 1. The second-order valence-electron chi connectivity index (χ2n) is 7.87. The highest BCUT2D eigenvalue weighted by molar-refractivity contribution is 5.77. The molecular formula is C22H24FN7O3. The van der Waals surface area contributed by atoms with Crippen LogP contribution in [0.25, 0.3) is 11.2 Å². The van der Waals surface area contributed by atoms with E-state index < -0.39 is 23.1 Å². The Hall–Kier alpha value is -4.02. The first-order chi connectivity index (χ1) is 15.8. The van der Waals surface area contributed by atoms with Crippen LogP contribution >= 0.6 is 0 Å². The van der Waals surface area contributed by atoms with E-state index in [-0.39, 0.29) is 12.3 Å². The van der Waals surface area contributed by atoms with Gasteiger partial charge in [0.05, 0.1) is 6.33 Å². The van der Waals surface area contributed by atoms with Gasteiger partial charge in [-0.3, -0.25) is 18.7 Å². The van der Waals surface area contributed by atoms with Crippen LogP contribution in [-0.2, 0) is 32.5 Å². The molecule has 1 aromatic carbocycles. The smallest absolute Gasteiger partial charge is 0.332 e. The fraction of sp³-hybridized carbons (Fsp3) is 0.318. The zero-order valence-electron chi connectivity index (χ0n) is 18.5. The van der Waals surface area contributed by atoms with Crippen LogP contribution in [0.15, 0.2) is 52.6 Å². The van der Waals surface area contributed by atoms with Crippen molar-refractivity contribution in [3.8, 4) is 0 Å². The number of carbonyl (C=O) groups excluding carboxylic acids is 1. The van der Waals surface area contributed by atoms with Crippen molar-refractivity contribution >= 4 is 17.1 Å². The lowest BCUT2D eigenvalue weighted by Gasteiger charge is -2.19. The maximum absolute atomic E-state index is 13.8. The first kappa shape index (κ1) is 22.2. The van der Waals surface area contributed by atoms with Gasteiger partial charge >= 0.3 is 5.69 Å². The Morgan fingerprint density at radius 2 is 1.94 bits per heavy atom. The summed E-state index contributed by atoms with van der Waals surface area (Å²) < 4.78 is 19.6. The minimum absolute atomic E-state index is 0.169. The Labute approximate surface area is 187 Å². The van der Waals surface area contributed by atoms with Gasteiger partial charge in [-0.05, 0) is 24.1 Å². The predicted molar refractivity (Wildman–Crippen MR) is 119 cm³/mol. The lowest BCUT2D eigenvalue weighted by Crippen LogP contribution is -2.37. The van der Waals surface area contributed by atoms with Crippen molar-refractivity contribution in [1.29, 1.82) is 0 Å². The van der Waals surface area contributed by atoms with Crippen molar-refractivity contribution in [2.75, 3.05) is 0 Å². The number of aryl methyl sites for hydroxylation is 3. The van der Waals surface area contributed by atoms with Crippen LogP contribution in [0.5, 0.6) is 0 Å². The number of hydrogen-bond donors (Lipinski definition) is 1. The summed E-state index contributed by atoms with van der Waals surface area (Å²) in [5.74, 6) is -0.0557. The van der Waals surface area contributed by atoms with Gasteiger partial charge in [-0.1, -0.05) is 12.1 Å². The molecule has 3 heterocycles. The molecule has 0 saturated heterocycles. The maximum Gasteiger partial charge on any atom is 0.332 e. The number of benzene rings is 1. The van der Waals surface area contributed by atoms with Crippen molar-refractivity contribution < 1.29 is 9.18 Å². The third kappa shape index (κ3) is 4.21. The normalized spacial score (nSPS) is 12.2. The van der Waals surface area contributed by atoms with E-state index in [1.165, 1.54) is 30.1 Å². The molecule has 0 aliphatic rings. The molecule has 10 nitrogen and oxygen atoms in total. The van der Waals surface area contributed by atoms with Gasteiger partial charge in [0.25, 0.3) is 5.56 Å². The lowest BCUT2D eigenvalue weighted by molar-refractivity contribution is -0.121. The van der Waals surface area contributed by atoms with Crippen molar-refractivity contribution in [3.63, 3.8) is 0 Å². The Morgan fingerprint density at radius 3 is 2.64 bits per heavy atom. The van der Waals surface area contributed by atoms with Gasteiger partial charge < -0.3 is 14.5 Å². The van der Waals surface area contributed by atoms with Crippen molar-refractivity contribution in [2.45, 2.75) is 25.4 Å². The van der Waals surface area contributed by atoms with Crippen LogP contribution in [0.3, 0.4) is 0 Å². The molecule has 4 rings (SSSR count). The van der Waals surface area contributed by atoms with Gasteiger partial charge in [-0.2, -0.15) is 0 Å². The molecule has 0 spiro atoms. The Morgan fingerprint density at radius 1 is 1.15 bits per heavy atom. The highest BCUT2D eigenvalue weighted by Crippen LogP contribution is 2.21. The summed E-state index contributed by atoms with van der Waals surface area (Å²) in [6.07, 6.45) is 5.46. The summed E-state index contributed by atoms with van der Waals surface area (Å²) in [6, 6.07) is 5.43. The Kier molecular flexibility index (Phi) is 5.95. The van der Waals surface area contributed by atoms with E-state index in [1.807, 2.05) is 0 Å². The van der Waals surface area contributed by atoms with Crippen LogP contribution in [0.2, 0.25) is 0 Å². The number of fused-ring (bicyclic) bond motifs is 1. The summed E-state index contributed by atoms with van der Waals surface area (Å²) in [6.45, 7) is 0.365. The number of nitrogens with one attached hydrogen (secondary N) is 1. The molecule has 172 valence electrons. The molecule has 4 aromatic rings. The molecule has 0 fully saturated rings. The van der Waals surface area contributed by atoms with Crippen LogP contribution in [-0.4, -0.2) is 34.1 Å². The summed E-state index contributed by atoms with van der Waals surface area (Å²) >= 11 is 0. The largest absolute Gasteiger partial charge is 0.342 e. The Bertz CT molecular complexity index is 1450. The van der Waals surface area contributed by atoms with E-state index in [0.717, 1.165) is 4.57 Å². The van der Waals surface area contributed by atoms with Gasteiger partial charge in [0.2, 0.25) is 5.91 Å². The zero-order chi connectivity index (χ0) is 23.7. The molecule has 11 heteroatoms. The van der Waals surface area contributed by atoms with Gasteiger partial charge in [0.1, 0.15) is 17.7 Å². The third-order valence-corrected chi connectivity index (χ3v) is 5.62. The van der Waals surface area contributed by atoms with E-state index in [2.05, 4.69) is 15.3 Å². The fourth-order valence-corrected chi connectivity index (χ4v) is 3.85. The molecular weight excluding hydrogens is 429 g/mol. The summed E-state index contributed by atoms with van der Waals surface area (Å²) in [7, 11) is 4.77. The van der Waals surface area contributed by atoms with E-state index in [0.29, 0.717) is 35.5 Å². The zero-order valence-corrected chi connectivity index (χ0v) is 18.5. The predicted octanol–water partition coefficient (Wildman–Crippen LogP) is 0.992. The number of hydrogen-bond acceptors (Lipinski definition) is 5. The number of halogens is 1. The van der Waals surface area contributed by atoms with Gasteiger partial charge in [-0.15, -0.1) is 0 Å². The first-order valence-electron chi connectivity index (χ1n) is 10.4. The van der Waals surface area contributed by atoms with E-state index in [4.69, 9.17) is 0 Å². The molecule has 1 amide bonds. The number of carbonyl (C=O) groups is 1. The topological polar surface area (TPSA) is 109 Å². The molecule has 3 aromatic heterocycles. The van der Waals surface area contributed by atoms with Gasteiger partial charge in [-0.25, -0.2) is 19.2 Å². The fourth-order valence-electron chi connectivity index (χ4n) is 3.85. The second kappa shape index (κ2) is 8.85. The highest BCUT2D eigenvalue weighted by atomic mass is 19.1. The third-order valence-electron chi connectivity index (χ3n) is 5.62. The second-order valence-corrected chi connectivity index (χ2v) is 7.87. The summed E-state index contributed by atoms with van der Waals surface area (Å²) in [5.41, 5.74) is 0.313. The first-order valence-corrected chi connectivity index (χ1v) is 10.4. The molecule has 33 heavy (non-hydrogen) atoms. The van der Waals surface area contributed by atoms with Gasteiger partial charge in [0.15, 0.2) is 11.2 Å². The molecule has 0 radical (unpaired) electrons. The van der Waals surface area contributed by atoms with Crippen molar-refractivity contribution in [1.82, 2.24) is 33.6 Å².